The van der Waals surface area contributed by atoms with Crippen LogP contribution in [-0.4, -0.2) is 47.4 Å². The molecule has 0 unspecified atom stereocenters. The van der Waals surface area contributed by atoms with Gasteiger partial charge >= 0.3 is 6.03 Å². The zero-order chi connectivity index (χ0) is 19.4. The third kappa shape index (κ3) is 2.96. The molecule has 0 saturated heterocycles. The minimum absolute atomic E-state index is 0.0549. The van der Waals surface area contributed by atoms with E-state index in [-0.39, 0.29) is 23.1 Å². The Morgan fingerprint density at radius 2 is 2.19 bits per heavy atom. The Hall–Kier alpha value is -2.21. The first-order valence-electron chi connectivity index (χ1n) is 9.55. The SMILES string of the molecule is COc1ccc2c3c1O[C@H]1C[C@@H](O)C=C[C@]31CCN(C(=O)NC(C)(C)C)C2. The van der Waals surface area contributed by atoms with Crippen LogP contribution in [0.1, 0.15) is 44.7 Å². The summed E-state index contributed by atoms with van der Waals surface area (Å²) in [6, 6.07) is 3.89. The number of amides is 2. The molecule has 2 amide bonds. The first kappa shape index (κ1) is 18.2. The maximum Gasteiger partial charge on any atom is 0.318 e. The topological polar surface area (TPSA) is 71.0 Å². The molecule has 2 aliphatic heterocycles. The highest BCUT2D eigenvalue weighted by molar-refractivity contribution is 5.75. The Morgan fingerprint density at radius 1 is 1.41 bits per heavy atom. The van der Waals surface area contributed by atoms with E-state index >= 15 is 0 Å². The molecule has 6 heteroatoms. The molecule has 0 bridgehead atoms. The Morgan fingerprint density at radius 3 is 2.89 bits per heavy atom. The highest BCUT2D eigenvalue weighted by Crippen LogP contribution is 2.55. The molecule has 1 aromatic rings. The fourth-order valence-electron chi connectivity index (χ4n) is 4.51. The van der Waals surface area contributed by atoms with Gasteiger partial charge in [-0.2, -0.15) is 0 Å². The van der Waals surface area contributed by atoms with E-state index in [2.05, 4.69) is 11.4 Å². The standard InChI is InChI=1S/C21H28N2O4/c1-20(2,3)22-19(25)23-10-9-21-8-7-14(24)11-16(21)27-18-15(26-4)6-5-13(12-23)17(18)21/h5-8,14,16,24H,9-12H2,1-4H3,(H,22,25)/t14-,16-,21+/m0/s1. The smallest absolute Gasteiger partial charge is 0.318 e. The molecule has 1 spiro atoms. The minimum atomic E-state index is -0.507. The summed E-state index contributed by atoms with van der Waals surface area (Å²) < 4.78 is 11.8. The molecule has 0 fully saturated rings. The van der Waals surface area contributed by atoms with E-state index in [9.17, 15) is 9.90 Å². The van der Waals surface area contributed by atoms with Crippen molar-refractivity contribution < 1.29 is 19.4 Å². The maximum atomic E-state index is 12.8. The lowest BCUT2D eigenvalue weighted by Crippen LogP contribution is -2.49. The van der Waals surface area contributed by atoms with Crippen molar-refractivity contribution in [2.75, 3.05) is 13.7 Å². The highest BCUT2D eigenvalue weighted by Gasteiger charge is 2.53. The van der Waals surface area contributed by atoms with E-state index in [4.69, 9.17) is 9.47 Å². The third-order valence-corrected chi connectivity index (χ3v) is 5.72. The number of carbonyl (C=O) groups is 1. The normalized spacial score (nSPS) is 28.7. The summed E-state index contributed by atoms with van der Waals surface area (Å²) in [7, 11) is 1.64. The van der Waals surface area contributed by atoms with Crippen molar-refractivity contribution in [3.05, 3.63) is 35.4 Å². The number of nitrogens with one attached hydrogen (secondary N) is 1. The zero-order valence-electron chi connectivity index (χ0n) is 16.4. The van der Waals surface area contributed by atoms with Crippen molar-refractivity contribution >= 4 is 6.03 Å². The Balaban J connectivity index is 1.77. The molecule has 2 N–H and O–H groups in total. The predicted octanol–water partition coefficient (Wildman–Crippen LogP) is 2.73. The van der Waals surface area contributed by atoms with Gasteiger partial charge in [0.05, 0.1) is 18.6 Å². The van der Waals surface area contributed by atoms with E-state index in [0.29, 0.717) is 25.3 Å². The number of rotatable bonds is 1. The van der Waals surface area contributed by atoms with Gasteiger partial charge in [-0.1, -0.05) is 18.2 Å². The lowest BCUT2D eigenvalue weighted by atomic mass is 9.69. The number of aliphatic hydroxyl groups is 1. The molecule has 4 rings (SSSR count). The van der Waals surface area contributed by atoms with Gasteiger partial charge in [-0.15, -0.1) is 0 Å². The average Bonchev–Trinajstić information content (AvgIpc) is 2.81. The van der Waals surface area contributed by atoms with Gasteiger partial charge < -0.3 is 24.8 Å². The molecule has 1 aromatic carbocycles. The van der Waals surface area contributed by atoms with Gasteiger partial charge in [-0.25, -0.2) is 4.79 Å². The Labute approximate surface area is 160 Å². The van der Waals surface area contributed by atoms with Gasteiger partial charge in [-0.3, -0.25) is 0 Å². The molecule has 2 heterocycles. The second-order valence-corrected chi connectivity index (χ2v) is 8.79. The maximum absolute atomic E-state index is 12.8. The second kappa shape index (κ2) is 6.16. The molecular weight excluding hydrogens is 344 g/mol. The van der Waals surface area contributed by atoms with Crippen molar-refractivity contribution in [1.82, 2.24) is 10.2 Å². The third-order valence-electron chi connectivity index (χ3n) is 5.72. The zero-order valence-corrected chi connectivity index (χ0v) is 16.4. The van der Waals surface area contributed by atoms with Crippen molar-refractivity contribution in [2.45, 2.75) is 63.3 Å². The van der Waals surface area contributed by atoms with Crippen LogP contribution in [0.25, 0.3) is 0 Å². The van der Waals surface area contributed by atoms with Gasteiger partial charge in [0.2, 0.25) is 0 Å². The minimum Gasteiger partial charge on any atom is -0.493 e. The number of methoxy groups -OCH3 is 1. The van der Waals surface area contributed by atoms with Crippen LogP contribution in [0.15, 0.2) is 24.3 Å². The fraction of sp³-hybridized carbons (Fsp3) is 0.571. The van der Waals surface area contributed by atoms with Gasteiger partial charge in [0.1, 0.15) is 6.10 Å². The molecule has 0 saturated carbocycles. The van der Waals surface area contributed by atoms with Crippen LogP contribution in [-0.2, 0) is 12.0 Å². The molecule has 0 aromatic heterocycles. The summed E-state index contributed by atoms with van der Waals surface area (Å²) in [5.74, 6) is 1.47. The van der Waals surface area contributed by atoms with E-state index in [1.807, 2.05) is 43.9 Å². The van der Waals surface area contributed by atoms with Gasteiger partial charge in [0.15, 0.2) is 11.5 Å². The number of urea groups is 1. The molecule has 3 aliphatic rings. The van der Waals surface area contributed by atoms with Gasteiger partial charge in [0.25, 0.3) is 0 Å². The molecule has 6 nitrogen and oxygen atoms in total. The second-order valence-electron chi connectivity index (χ2n) is 8.79. The molecular formula is C21H28N2O4. The lowest BCUT2D eigenvalue weighted by molar-refractivity contribution is 0.0819. The number of carbonyl (C=O) groups excluding carboxylic acids is 1. The number of benzene rings is 1. The summed E-state index contributed by atoms with van der Waals surface area (Å²) in [4.78, 5) is 14.7. The summed E-state index contributed by atoms with van der Waals surface area (Å²) in [5, 5.41) is 13.2. The van der Waals surface area contributed by atoms with Crippen LogP contribution in [0.3, 0.4) is 0 Å². The van der Waals surface area contributed by atoms with E-state index in [1.54, 1.807) is 7.11 Å². The first-order valence-corrected chi connectivity index (χ1v) is 9.55. The van der Waals surface area contributed by atoms with E-state index < -0.39 is 6.10 Å². The quantitative estimate of drug-likeness (QED) is 0.744. The van der Waals surface area contributed by atoms with Crippen LogP contribution < -0.4 is 14.8 Å². The van der Waals surface area contributed by atoms with Crippen LogP contribution >= 0.6 is 0 Å². The number of hydrogen-bond acceptors (Lipinski definition) is 4. The van der Waals surface area contributed by atoms with Crippen LogP contribution in [0, 0.1) is 0 Å². The summed E-state index contributed by atoms with van der Waals surface area (Å²) in [6.07, 6.45) is 4.60. The van der Waals surface area contributed by atoms with E-state index in [1.165, 1.54) is 0 Å². The molecule has 27 heavy (non-hydrogen) atoms. The number of nitrogens with zero attached hydrogens (tertiary/aromatic N) is 1. The monoisotopic (exact) mass is 372 g/mol. The highest BCUT2D eigenvalue weighted by atomic mass is 16.5. The van der Waals surface area contributed by atoms with Crippen molar-refractivity contribution in [3.63, 3.8) is 0 Å². The molecule has 0 radical (unpaired) electrons. The van der Waals surface area contributed by atoms with Crippen molar-refractivity contribution in [2.24, 2.45) is 0 Å². The fourth-order valence-corrected chi connectivity index (χ4v) is 4.51. The van der Waals surface area contributed by atoms with Crippen molar-refractivity contribution in [1.29, 1.82) is 0 Å². The van der Waals surface area contributed by atoms with Crippen molar-refractivity contribution in [3.8, 4) is 11.5 Å². The summed E-state index contributed by atoms with van der Waals surface area (Å²) >= 11 is 0. The van der Waals surface area contributed by atoms with Gasteiger partial charge in [-0.05, 0) is 38.8 Å². The summed E-state index contributed by atoms with van der Waals surface area (Å²) in [6.45, 7) is 7.11. The number of aliphatic hydroxyl groups excluding tert-OH is 1. The number of ether oxygens (including phenoxy) is 2. The molecule has 3 atom stereocenters. The number of hydrogen-bond donors (Lipinski definition) is 2. The Kier molecular flexibility index (Phi) is 4.14. The van der Waals surface area contributed by atoms with Crippen LogP contribution in [0.2, 0.25) is 0 Å². The molecule has 1 aliphatic carbocycles. The first-order chi connectivity index (χ1) is 12.7. The predicted molar refractivity (Wildman–Crippen MR) is 102 cm³/mol. The van der Waals surface area contributed by atoms with Crippen LogP contribution in [0.4, 0.5) is 4.79 Å². The Bertz CT molecular complexity index is 798. The van der Waals surface area contributed by atoms with E-state index in [0.717, 1.165) is 23.3 Å². The molecule has 146 valence electrons. The van der Waals surface area contributed by atoms with Crippen LogP contribution in [0.5, 0.6) is 11.5 Å². The average molecular weight is 372 g/mol. The van der Waals surface area contributed by atoms with Gasteiger partial charge in [0, 0.05) is 30.6 Å². The summed E-state index contributed by atoms with van der Waals surface area (Å²) in [5.41, 5.74) is 1.58. The largest absolute Gasteiger partial charge is 0.493 e. The lowest BCUT2D eigenvalue weighted by Gasteiger charge is -2.36.